The Kier molecular flexibility index (Phi) is 25.4. The zero-order chi connectivity index (χ0) is 2.71. The van der Waals surface area contributed by atoms with Gasteiger partial charge in [-0.25, -0.2) is 0 Å². The number of hydrogen-bond donors (Lipinski definition) is 1. The van der Waals surface area contributed by atoms with Crippen LogP contribution in [0.5, 0.6) is 0 Å². The summed E-state index contributed by atoms with van der Waals surface area (Å²) in [7, 11) is 0. The SMILES string of the molecule is O=[NH+][O-].[Pt]. The third-order valence-corrected chi connectivity index (χ3v) is 0. The summed E-state index contributed by atoms with van der Waals surface area (Å²) in [5.41, 5.74) is 0. The van der Waals surface area contributed by atoms with E-state index in [2.05, 4.69) is 0 Å². The van der Waals surface area contributed by atoms with E-state index in [-0.39, 0.29) is 26.4 Å². The van der Waals surface area contributed by atoms with Gasteiger partial charge in [0.05, 0.1) is 0 Å². The van der Waals surface area contributed by atoms with E-state index in [1.165, 1.54) is 0 Å². The fourth-order valence-corrected chi connectivity index (χ4v) is 0. The largest absolute Gasteiger partial charge is 0.267 e. The molecular weight excluding hydrogens is 241 g/mol. The number of rotatable bonds is 0. The molecule has 0 radical (unpaired) electrons. The molecule has 0 spiro atoms. The van der Waals surface area contributed by atoms with Crippen LogP contribution in [0.25, 0.3) is 0 Å². The van der Waals surface area contributed by atoms with Gasteiger partial charge in [-0.15, -0.1) is 0 Å². The van der Waals surface area contributed by atoms with Crippen LogP contribution >= 0.6 is 0 Å². The van der Waals surface area contributed by atoms with Crippen molar-refractivity contribution in [3.63, 3.8) is 0 Å². The van der Waals surface area contributed by atoms with Crippen molar-refractivity contribution in [1.29, 1.82) is 0 Å². The van der Waals surface area contributed by atoms with Gasteiger partial charge < -0.3 is 0 Å². The minimum Gasteiger partial charge on any atom is -0.267 e. The second kappa shape index (κ2) is 11.4. The summed E-state index contributed by atoms with van der Waals surface area (Å²) in [6.45, 7) is 0. The summed E-state index contributed by atoms with van der Waals surface area (Å²) in [4.78, 5) is 8.12. The van der Waals surface area contributed by atoms with Gasteiger partial charge in [-0.05, 0) is 0 Å². The maximum atomic E-state index is 8.12. The molecule has 0 aromatic heterocycles. The molecule has 0 unspecified atom stereocenters. The molecule has 0 fully saturated rings. The predicted octanol–water partition coefficient (Wildman–Crippen LogP) is -1.67. The smallest absolute Gasteiger partial charge is 0.00366 e. The van der Waals surface area contributed by atoms with Crippen LogP contribution in [0.3, 0.4) is 0 Å². The van der Waals surface area contributed by atoms with Crippen molar-refractivity contribution in [1.82, 2.24) is 0 Å². The molecule has 3 nitrogen and oxygen atoms in total. The Labute approximate surface area is 37.2 Å². The Morgan fingerprint density at radius 2 is 1.75 bits per heavy atom. The van der Waals surface area contributed by atoms with E-state index in [1.807, 2.05) is 0 Å². The fraction of sp³-hybridized carbons (Fsp3) is 0. The summed E-state index contributed by atoms with van der Waals surface area (Å²) in [5, 5.41) is 8.38. The van der Waals surface area contributed by atoms with Gasteiger partial charge in [0, 0.05) is 26.4 Å². The molecule has 0 saturated carbocycles. The molecule has 0 aliphatic carbocycles. The van der Waals surface area contributed by atoms with Crippen molar-refractivity contribution in [2.24, 2.45) is 0 Å². The van der Waals surface area contributed by atoms with Gasteiger partial charge in [-0.3, -0.25) is 10.1 Å². The van der Waals surface area contributed by atoms with Crippen molar-refractivity contribution in [3.8, 4) is 0 Å². The van der Waals surface area contributed by atoms with Crippen molar-refractivity contribution in [2.75, 3.05) is 0 Å². The first-order chi connectivity index (χ1) is 1.41. The third kappa shape index (κ3) is 317. The summed E-state index contributed by atoms with van der Waals surface area (Å²) in [6, 6.07) is 0. The Balaban J connectivity index is 0. The molecular formula is HNO2Pt. The van der Waals surface area contributed by atoms with Crippen molar-refractivity contribution in [3.05, 3.63) is 10.1 Å². The van der Waals surface area contributed by atoms with Crippen LogP contribution in [0.1, 0.15) is 0 Å². The minimum atomic E-state index is 0. The third-order valence-electron chi connectivity index (χ3n) is 0. The summed E-state index contributed by atoms with van der Waals surface area (Å²) >= 11 is 0. The molecule has 0 atom stereocenters. The molecule has 0 aromatic carbocycles. The van der Waals surface area contributed by atoms with E-state index in [0.29, 0.717) is 0 Å². The van der Waals surface area contributed by atoms with E-state index in [0.717, 1.165) is 0 Å². The van der Waals surface area contributed by atoms with Crippen LogP contribution < -0.4 is 5.34 Å². The van der Waals surface area contributed by atoms with Crippen LogP contribution in [0, 0.1) is 10.1 Å². The average Bonchev–Trinajstić information content (AvgIpc) is 0.918. The standard InChI is InChI=1S/HNO2.Pt/c2-1-3;/h1H;. The predicted molar refractivity (Wildman–Crippen MR) is 7.70 cm³/mol. The second-order valence-electron chi connectivity index (χ2n) is 0.0833. The summed E-state index contributed by atoms with van der Waals surface area (Å²) in [6.07, 6.45) is 0. The Morgan fingerprint density at radius 3 is 1.75 bits per heavy atom. The second-order valence-corrected chi connectivity index (χ2v) is 0.0833. The average molecular weight is 242 g/mol. The van der Waals surface area contributed by atoms with Crippen LogP contribution in [0.4, 0.5) is 0 Å². The summed E-state index contributed by atoms with van der Waals surface area (Å²) < 4.78 is 0. The Hall–Kier alpha value is 0.0883. The molecule has 4 heteroatoms. The first-order valence-corrected chi connectivity index (χ1v) is 0.408. The Morgan fingerprint density at radius 1 is 1.75 bits per heavy atom. The molecule has 0 bridgehead atoms. The van der Waals surface area contributed by atoms with Gasteiger partial charge in [0.1, 0.15) is 0 Å². The molecule has 0 amide bonds. The van der Waals surface area contributed by atoms with Crippen molar-refractivity contribution in [2.45, 2.75) is 0 Å². The molecule has 0 aromatic rings. The monoisotopic (exact) mass is 242 g/mol. The van der Waals surface area contributed by atoms with Crippen LogP contribution in [0.15, 0.2) is 0 Å². The minimum absolute atomic E-state index is 0. The topological polar surface area (TPSA) is 54.1 Å². The number of hydrogen-bond acceptors (Lipinski definition) is 2. The van der Waals surface area contributed by atoms with E-state index < -0.39 is 0 Å². The van der Waals surface area contributed by atoms with Crippen molar-refractivity contribution >= 4 is 0 Å². The first kappa shape index (κ1) is 8.94. The first-order valence-electron chi connectivity index (χ1n) is 0.408. The Bertz CT molecular complexity index is 13.5. The number of nitrogens with one attached hydrogen (secondary N) is 1. The maximum Gasteiger partial charge on any atom is 0.00366 e. The van der Waals surface area contributed by atoms with Gasteiger partial charge in [0.2, 0.25) is 0 Å². The van der Waals surface area contributed by atoms with E-state index in [4.69, 9.17) is 10.1 Å². The van der Waals surface area contributed by atoms with Crippen molar-refractivity contribution < 1.29 is 26.4 Å². The van der Waals surface area contributed by atoms with Crippen LogP contribution in [-0.4, -0.2) is 0 Å². The molecule has 0 heterocycles. The molecule has 0 rings (SSSR count). The molecule has 4 heavy (non-hydrogen) atoms. The van der Waals surface area contributed by atoms with E-state index in [9.17, 15) is 0 Å². The normalized spacial score (nSPS) is 3.00. The van der Waals surface area contributed by atoms with Gasteiger partial charge in [-0.1, -0.05) is 0 Å². The van der Waals surface area contributed by atoms with E-state index in [1.54, 1.807) is 0 Å². The molecule has 0 aliphatic heterocycles. The van der Waals surface area contributed by atoms with Gasteiger partial charge in [0.25, 0.3) is 0 Å². The quantitative estimate of drug-likeness (QED) is 0.408. The zero-order valence-electron chi connectivity index (χ0n) is 1.63. The molecule has 1 N–H and O–H groups in total. The summed E-state index contributed by atoms with van der Waals surface area (Å²) in [5.74, 6) is 0. The fourth-order valence-electron chi connectivity index (χ4n) is 0. The molecule has 0 aliphatic rings. The van der Waals surface area contributed by atoms with Crippen LogP contribution in [0.2, 0.25) is 0 Å². The molecule has 0 saturated heterocycles. The van der Waals surface area contributed by atoms with E-state index >= 15 is 0 Å². The molecule has 28 valence electrons. The van der Waals surface area contributed by atoms with Crippen LogP contribution in [-0.2, 0) is 21.1 Å². The zero-order valence-corrected chi connectivity index (χ0v) is 3.90. The maximum absolute atomic E-state index is 8.12. The van der Waals surface area contributed by atoms with Gasteiger partial charge in [-0.2, -0.15) is 0 Å². The van der Waals surface area contributed by atoms with Gasteiger partial charge >= 0.3 is 0 Å². The van der Waals surface area contributed by atoms with Gasteiger partial charge in [0.15, 0.2) is 0 Å².